The minimum Gasteiger partial charge on any atom is -0.463 e. The molecule has 0 aliphatic heterocycles. The van der Waals surface area contributed by atoms with Gasteiger partial charge in [0.05, 0.1) is 26.4 Å². The number of ether oxygens (including phenoxy) is 3. The van der Waals surface area contributed by atoms with Crippen molar-refractivity contribution in [1.82, 2.24) is 0 Å². The standard InChI is InChI=1S/C95H156O16P2/c1-4-7-10-13-16-19-22-25-28-31-33-35-37-39-41-43-44-46-48-49-51-53-55-58-60-63-66-69-72-75-78-81-93(98)105-84-90(96)85-107-112(101,102)108-86-91(97)87-109-113(103,104)110-89-92(111-95(100)83-80-77-74-71-68-65-62-57-30-27-24-21-18-15-12-9-6-3)88-106-94(99)82-79-76-73-70-67-64-61-59-56-54-52-50-47-45-42-40-38-36-34-32-29-26-23-20-17-14-11-8-5-2/h7-12,16-21,25-30,33-36,39-42,44,46,62,65,71,74,90-92,96-97H,4-6,13-15,22-24,31-32,37-38,43,45,47-61,63-64,66-70,72-73,75-89H2,1-3H3,(H,101,102)(H,103,104)/b10-7-,11-8-,12-9-,19-16-,20-17-,21-18-,28-25-,29-26-,30-27-,35-33-,36-34-,41-39-,42-40-,46-44-,65-62-,74-71-. The van der Waals surface area contributed by atoms with Crippen molar-refractivity contribution in [2.24, 2.45) is 0 Å². The molecule has 0 spiro atoms. The largest absolute Gasteiger partial charge is 0.472 e. The first-order chi connectivity index (χ1) is 55.2. The van der Waals surface area contributed by atoms with Crippen LogP contribution in [0.15, 0.2) is 194 Å². The number of hydrogen-bond acceptors (Lipinski definition) is 14. The van der Waals surface area contributed by atoms with Gasteiger partial charge >= 0.3 is 33.6 Å². The Morgan fingerprint density at radius 1 is 0.248 bits per heavy atom. The van der Waals surface area contributed by atoms with Crippen LogP contribution < -0.4 is 0 Å². The number of unbranched alkanes of at least 4 members (excludes halogenated alkanes) is 26. The minimum atomic E-state index is -4.96. The average Bonchev–Trinajstić information content (AvgIpc) is 0.901. The molecule has 5 unspecified atom stereocenters. The topological polar surface area (TPSA) is 231 Å². The molecule has 5 atom stereocenters. The van der Waals surface area contributed by atoms with Crippen molar-refractivity contribution in [3.8, 4) is 0 Å². The van der Waals surface area contributed by atoms with E-state index in [4.69, 9.17) is 32.3 Å². The van der Waals surface area contributed by atoms with E-state index in [1.54, 1.807) is 0 Å². The zero-order valence-corrected chi connectivity index (χ0v) is 72.3. The maximum Gasteiger partial charge on any atom is 0.472 e. The van der Waals surface area contributed by atoms with Gasteiger partial charge in [-0.3, -0.25) is 32.5 Å². The summed E-state index contributed by atoms with van der Waals surface area (Å²) in [6.07, 6.45) is 114. The lowest BCUT2D eigenvalue weighted by Gasteiger charge is -2.21. The number of phosphoric acid groups is 2. The second-order valence-electron chi connectivity index (χ2n) is 28.5. The molecule has 0 aromatic rings. The van der Waals surface area contributed by atoms with Gasteiger partial charge in [-0.25, -0.2) is 9.13 Å². The van der Waals surface area contributed by atoms with Crippen LogP contribution in [-0.2, 0) is 55.8 Å². The van der Waals surface area contributed by atoms with Crippen LogP contribution >= 0.6 is 15.6 Å². The summed E-state index contributed by atoms with van der Waals surface area (Å²) in [4.78, 5) is 58.8. The van der Waals surface area contributed by atoms with Crippen molar-refractivity contribution >= 4 is 33.6 Å². The molecule has 16 nitrogen and oxygen atoms in total. The molecule has 0 amide bonds. The van der Waals surface area contributed by atoms with Crippen molar-refractivity contribution < 1.29 is 75.8 Å². The number of phosphoric ester groups is 2. The molecule has 18 heteroatoms. The van der Waals surface area contributed by atoms with Crippen LogP contribution in [0, 0.1) is 0 Å². The monoisotopic (exact) mass is 1620 g/mol. The summed E-state index contributed by atoms with van der Waals surface area (Å²) in [5, 5.41) is 20.7. The molecule has 0 radical (unpaired) electrons. The molecule has 4 N–H and O–H groups in total. The number of carbonyl (C=O) groups is 3. The van der Waals surface area contributed by atoms with Crippen molar-refractivity contribution in [3.63, 3.8) is 0 Å². The van der Waals surface area contributed by atoms with E-state index in [0.717, 1.165) is 161 Å². The lowest BCUT2D eigenvalue weighted by Crippen LogP contribution is -2.30. The molecule has 113 heavy (non-hydrogen) atoms. The van der Waals surface area contributed by atoms with Crippen LogP contribution in [0.5, 0.6) is 0 Å². The van der Waals surface area contributed by atoms with Gasteiger partial charge in [-0.2, -0.15) is 0 Å². The fraction of sp³-hybridized carbons (Fsp3) is 0.632. The second kappa shape index (κ2) is 85.8. The van der Waals surface area contributed by atoms with Crippen LogP contribution in [0.2, 0.25) is 0 Å². The first-order valence-electron chi connectivity index (χ1n) is 43.7. The Morgan fingerprint density at radius 3 is 0.726 bits per heavy atom. The molecule has 0 saturated heterocycles. The number of esters is 3. The summed E-state index contributed by atoms with van der Waals surface area (Å²) in [6, 6.07) is 0. The number of carbonyl (C=O) groups excluding carboxylic acids is 3. The third kappa shape index (κ3) is 87.1. The predicted octanol–water partition coefficient (Wildman–Crippen LogP) is 26.7. The Bertz CT molecular complexity index is 2830. The summed E-state index contributed by atoms with van der Waals surface area (Å²) >= 11 is 0. The molecule has 0 aromatic heterocycles. The van der Waals surface area contributed by atoms with E-state index in [1.807, 2.05) is 12.2 Å². The van der Waals surface area contributed by atoms with E-state index in [9.17, 15) is 43.5 Å². The summed E-state index contributed by atoms with van der Waals surface area (Å²) in [5.41, 5.74) is 0. The highest BCUT2D eigenvalue weighted by atomic mass is 31.2. The molecule has 0 aromatic carbocycles. The summed E-state index contributed by atoms with van der Waals surface area (Å²) in [6.45, 7) is 2.28. The van der Waals surface area contributed by atoms with E-state index in [2.05, 4.69) is 203 Å². The zero-order valence-electron chi connectivity index (χ0n) is 70.5. The molecule has 0 bridgehead atoms. The van der Waals surface area contributed by atoms with Crippen LogP contribution in [0.1, 0.15) is 329 Å². The molecule has 642 valence electrons. The second-order valence-corrected chi connectivity index (χ2v) is 31.5. The van der Waals surface area contributed by atoms with E-state index in [1.165, 1.54) is 103 Å². The van der Waals surface area contributed by atoms with Gasteiger partial charge < -0.3 is 34.2 Å². The molecule has 0 rings (SSSR count). The quantitative estimate of drug-likeness (QED) is 0.0146. The van der Waals surface area contributed by atoms with Gasteiger partial charge in [-0.1, -0.05) is 350 Å². The van der Waals surface area contributed by atoms with Crippen molar-refractivity contribution in [1.29, 1.82) is 0 Å². The Balaban J connectivity index is 4.58. The highest BCUT2D eigenvalue weighted by Crippen LogP contribution is 2.45. The normalized spacial score (nSPS) is 14.8. The molecule has 0 aliphatic carbocycles. The maximum atomic E-state index is 13.0. The van der Waals surface area contributed by atoms with Gasteiger partial charge in [0.15, 0.2) is 6.10 Å². The lowest BCUT2D eigenvalue weighted by molar-refractivity contribution is -0.161. The third-order valence-corrected chi connectivity index (χ3v) is 19.7. The highest BCUT2D eigenvalue weighted by Gasteiger charge is 2.29. The maximum absolute atomic E-state index is 13.0. The number of hydrogen-bond donors (Lipinski definition) is 4. The van der Waals surface area contributed by atoms with Gasteiger partial charge in [-0.05, 0) is 154 Å². The van der Waals surface area contributed by atoms with Crippen molar-refractivity contribution in [3.05, 3.63) is 194 Å². The molecular formula is C95H156O16P2. The van der Waals surface area contributed by atoms with Crippen LogP contribution in [-0.4, -0.2) is 95.9 Å². The smallest absolute Gasteiger partial charge is 0.463 e. The number of aliphatic hydroxyl groups is 2. The predicted molar refractivity (Wildman–Crippen MR) is 472 cm³/mol. The SMILES string of the molecule is CC/C=C\C/C=C\C/C=C\C/C=C\C/C=C\C/C=C\CCCCCCCCCCCCCCC(=O)OCC(O)COP(=O)(O)OCC(O)COP(=O)(O)OCC(COC(=O)CCCCCCCCCCCCCCC/C=C\C/C=C\C/C=C\C/C=C\C/C=C\CC)OC(=O)CCC/C=C\C/C=C\C/C=C\C/C=C\C/C=C\CC. The summed E-state index contributed by atoms with van der Waals surface area (Å²) in [7, 11) is -9.83. The van der Waals surface area contributed by atoms with Crippen molar-refractivity contribution in [2.45, 2.75) is 347 Å². The van der Waals surface area contributed by atoms with E-state index < -0.39 is 91.5 Å². The molecule has 0 aliphatic rings. The van der Waals surface area contributed by atoms with Gasteiger partial charge in [0.25, 0.3) is 0 Å². The average molecular weight is 1620 g/mol. The van der Waals surface area contributed by atoms with E-state index in [0.29, 0.717) is 25.7 Å². The van der Waals surface area contributed by atoms with Gasteiger partial charge in [-0.15, -0.1) is 0 Å². The zero-order chi connectivity index (χ0) is 82.2. The Labute approximate surface area is 687 Å². The summed E-state index contributed by atoms with van der Waals surface area (Å²) in [5.74, 6) is -1.65. The van der Waals surface area contributed by atoms with Crippen LogP contribution in [0.25, 0.3) is 0 Å². The van der Waals surface area contributed by atoms with Gasteiger partial charge in [0.1, 0.15) is 25.4 Å². The third-order valence-electron chi connectivity index (χ3n) is 17.8. The van der Waals surface area contributed by atoms with Gasteiger partial charge in [0.2, 0.25) is 0 Å². The fourth-order valence-corrected chi connectivity index (χ4v) is 12.9. The van der Waals surface area contributed by atoms with E-state index in [-0.39, 0.29) is 19.3 Å². The van der Waals surface area contributed by atoms with Crippen molar-refractivity contribution in [2.75, 3.05) is 39.6 Å². The fourth-order valence-electron chi connectivity index (χ4n) is 11.3. The lowest BCUT2D eigenvalue weighted by atomic mass is 10.0. The number of aliphatic hydroxyl groups excluding tert-OH is 2. The summed E-state index contributed by atoms with van der Waals surface area (Å²) < 4.78 is 61.3. The molecule has 0 fully saturated rings. The molecule has 0 saturated carbocycles. The van der Waals surface area contributed by atoms with Crippen LogP contribution in [0.4, 0.5) is 0 Å². The van der Waals surface area contributed by atoms with Gasteiger partial charge in [0, 0.05) is 19.3 Å². The molecule has 0 heterocycles. The Hall–Kier alpha value is -5.61. The van der Waals surface area contributed by atoms with E-state index >= 15 is 0 Å². The Morgan fingerprint density at radius 2 is 0.451 bits per heavy atom. The highest BCUT2D eigenvalue weighted by molar-refractivity contribution is 7.47. The molecular weight excluding hydrogens is 1460 g/mol. The number of rotatable bonds is 81. The van der Waals surface area contributed by atoms with Crippen LogP contribution in [0.3, 0.4) is 0 Å². The first-order valence-corrected chi connectivity index (χ1v) is 46.7. The number of allylic oxidation sites excluding steroid dienone is 32. The Kier molecular flexibility index (Phi) is 81.5. The first kappa shape index (κ1) is 107. The minimum absolute atomic E-state index is 0.0206.